The molecule has 1 aromatic heterocycles. The van der Waals surface area contributed by atoms with E-state index in [1.54, 1.807) is 17.6 Å². The summed E-state index contributed by atoms with van der Waals surface area (Å²) in [6, 6.07) is 7.13. The molecule has 46 heavy (non-hydrogen) atoms. The molecule has 2 saturated heterocycles. The first kappa shape index (κ1) is 33.0. The van der Waals surface area contributed by atoms with Crippen LogP contribution in [-0.2, 0) is 12.6 Å². The minimum absolute atomic E-state index is 0.00486. The summed E-state index contributed by atoms with van der Waals surface area (Å²) < 4.78 is 79.7. The van der Waals surface area contributed by atoms with Gasteiger partial charge in [0.15, 0.2) is 11.6 Å². The van der Waals surface area contributed by atoms with Crippen molar-refractivity contribution in [2.45, 2.75) is 43.4 Å². The highest BCUT2D eigenvalue weighted by molar-refractivity contribution is 7.99. The molecular formula is C34H39F5N4O2S. The average Bonchev–Trinajstić information content (AvgIpc) is 3.70. The Kier molecular flexibility index (Phi) is 9.80. The molecule has 3 aliphatic rings. The Hall–Kier alpha value is -2.93. The molecule has 4 heterocycles. The number of hydrogen-bond donors (Lipinski definition) is 0. The maximum atomic E-state index is 15.7. The lowest BCUT2D eigenvalue weighted by molar-refractivity contribution is -0.138. The number of likely N-dealkylation sites (tertiary alicyclic amines) is 1. The normalized spacial score (nSPS) is 19.6. The number of nitrogens with zero attached hydrogens (tertiary/aromatic N) is 4. The topological polar surface area (TPSA) is 41.0 Å². The Morgan fingerprint density at radius 2 is 1.54 bits per heavy atom. The molecule has 0 amide bonds. The first-order valence-electron chi connectivity index (χ1n) is 15.8. The Balaban J connectivity index is 1.35. The maximum Gasteiger partial charge on any atom is 0.416 e. The minimum Gasteiger partial charge on any atom is -0.494 e. The molecule has 1 unspecified atom stereocenters. The lowest BCUT2D eigenvalue weighted by Gasteiger charge is -2.36. The van der Waals surface area contributed by atoms with Crippen LogP contribution >= 0.6 is 11.8 Å². The summed E-state index contributed by atoms with van der Waals surface area (Å²) in [7, 11) is 1.33. The molecule has 3 aliphatic heterocycles. The summed E-state index contributed by atoms with van der Waals surface area (Å²) in [6.07, 6.45) is -2.62. The number of rotatable bonds is 9. The van der Waals surface area contributed by atoms with E-state index in [1.807, 2.05) is 0 Å². The highest BCUT2D eigenvalue weighted by Crippen LogP contribution is 2.42. The van der Waals surface area contributed by atoms with Gasteiger partial charge in [-0.3, -0.25) is 19.2 Å². The van der Waals surface area contributed by atoms with Crippen LogP contribution in [0.1, 0.15) is 41.1 Å². The molecule has 0 spiro atoms. The standard InChI is InChI=1S/C34H39F5N4O2S/c1-22-25(19-26-27(34(37,38)39)8-6-9-28(26)35)33-43(32(44)30(22)24-7-5-10-29(45-2)31(24)36)23(21-46-33)20-42-17-15-41(16-18-42)14-13-40-11-3-4-12-40/h5-10,23H,3-4,11-21H2,1-2H3. The fourth-order valence-corrected chi connectivity index (χ4v) is 8.43. The third-order valence-electron chi connectivity index (χ3n) is 9.61. The number of methoxy groups -OCH3 is 1. The fourth-order valence-electron chi connectivity index (χ4n) is 7.05. The molecule has 12 heteroatoms. The van der Waals surface area contributed by atoms with Gasteiger partial charge in [0, 0.05) is 69.1 Å². The first-order chi connectivity index (χ1) is 22.1. The number of aromatic nitrogens is 1. The molecule has 0 saturated carbocycles. The van der Waals surface area contributed by atoms with Gasteiger partial charge in [-0.05, 0) is 62.2 Å². The lowest BCUT2D eigenvalue weighted by atomic mass is 9.92. The van der Waals surface area contributed by atoms with Crippen molar-refractivity contribution in [3.8, 4) is 16.9 Å². The zero-order chi connectivity index (χ0) is 32.6. The van der Waals surface area contributed by atoms with Gasteiger partial charge in [-0.2, -0.15) is 13.2 Å². The van der Waals surface area contributed by atoms with E-state index >= 15 is 8.78 Å². The number of piperazine rings is 1. The van der Waals surface area contributed by atoms with Gasteiger partial charge in [-0.25, -0.2) is 8.78 Å². The van der Waals surface area contributed by atoms with E-state index in [0.29, 0.717) is 28.5 Å². The van der Waals surface area contributed by atoms with Gasteiger partial charge in [-0.1, -0.05) is 18.2 Å². The molecule has 0 aliphatic carbocycles. The van der Waals surface area contributed by atoms with Gasteiger partial charge >= 0.3 is 6.18 Å². The van der Waals surface area contributed by atoms with Crippen LogP contribution in [-0.4, -0.2) is 91.0 Å². The highest BCUT2D eigenvalue weighted by Gasteiger charge is 2.37. The van der Waals surface area contributed by atoms with Crippen LogP contribution in [0, 0.1) is 18.6 Å². The number of benzene rings is 2. The summed E-state index contributed by atoms with van der Waals surface area (Å²) in [5.74, 6) is -1.23. The van der Waals surface area contributed by atoms with E-state index in [2.05, 4.69) is 14.7 Å². The molecule has 6 nitrogen and oxygen atoms in total. The summed E-state index contributed by atoms with van der Waals surface area (Å²) in [4.78, 5) is 21.6. The third-order valence-corrected chi connectivity index (χ3v) is 10.9. The Bertz CT molecular complexity index is 1630. The zero-order valence-electron chi connectivity index (χ0n) is 26.1. The second-order valence-corrected chi connectivity index (χ2v) is 13.4. The van der Waals surface area contributed by atoms with Gasteiger partial charge in [0.25, 0.3) is 5.56 Å². The van der Waals surface area contributed by atoms with Crippen LogP contribution in [0.15, 0.2) is 46.2 Å². The van der Waals surface area contributed by atoms with E-state index in [4.69, 9.17) is 4.74 Å². The first-order valence-corrected chi connectivity index (χ1v) is 16.8. The summed E-state index contributed by atoms with van der Waals surface area (Å²) in [5.41, 5.74) is -1.18. The van der Waals surface area contributed by atoms with Crippen molar-refractivity contribution < 1.29 is 26.7 Å². The van der Waals surface area contributed by atoms with Gasteiger partial charge in [0.2, 0.25) is 0 Å². The van der Waals surface area contributed by atoms with Crippen molar-refractivity contribution in [1.29, 1.82) is 0 Å². The van der Waals surface area contributed by atoms with Crippen molar-refractivity contribution in [2.24, 2.45) is 0 Å². The van der Waals surface area contributed by atoms with Crippen LogP contribution in [0.3, 0.4) is 0 Å². The van der Waals surface area contributed by atoms with Gasteiger partial charge in [-0.15, -0.1) is 11.8 Å². The van der Waals surface area contributed by atoms with Crippen molar-refractivity contribution in [1.82, 2.24) is 19.3 Å². The molecular weight excluding hydrogens is 623 g/mol. The smallest absolute Gasteiger partial charge is 0.416 e. The predicted octanol–water partition coefficient (Wildman–Crippen LogP) is 6.08. The number of halogens is 5. The van der Waals surface area contributed by atoms with Gasteiger partial charge < -0.3 is 9.64 Å². The van der Waals surface area contributed by atoms with Crippen LogP contribution in [0.4, 0.5) is 22.0 Å². The van der Waals surface area contributed by atoms with Crippen molar-refractivity contribution in [3.63, 3.8) is 0 Å². The lowest BCUT2D eigenvalue weighted by Crippen LogP contribution is -2.49. The highest BCUT2D eigenvalue weighted by atomic mass is 32.2. The van der Waals surface area contributed by atoms with Gasteiger partial charge in [0.05, 0.1) is 29.3 Å². The quantitative estimate of drug-likeness (QED) is 0.259. The number of pyridine rings is 1. The summed E-state index contributed by atoms with van der Waals surface area (Å²) >= 11 is 1.39. The van der Waals surface area contributed by atoms with Crippen molar-refractivity contribution in [3.05, 3.63) is 80.6 Å². The van der Waals surface area contributed by atoms with Crippen molar-refractivity contribution in [2.75, 3.05) is 71.8 Å². The number of fused-ring (bicyclic) bond motifs is 1. The van der Waals surface area contributed by atoms with Crippen LogP contribution in [0.5, 0.6) is 5.75 Å². The second-order valence-electron chi connectivity index (χ2n) is 12.4. The third kappa shape index (κ3) is 6.58. The van der Waals surface area contributed by atoms with Crippen LogP contribution < -0.4 is 10.3 Å². The van der Waals surface area contributed by atoms with Crippen molar-refractivity contribution >= 4 is 11.8 Å². The van der Waals surface area contributed by atoms with E-state index in [-0.39, 0.29) is 22.9 Å². The number of thioether (sulfide) groups is 1. The molecule has 2 aromatic carbocycles. The minimum atomic E-state index is -4.77. The monoisotopic (exact) mass is 662 g/mol. The number of hydrogen-bond acceptors (Lipinski definition) is 6. The SMILES string of the molecule is COc1cccc(-c2c(C)c(Cc3c(F)cccc3C(F)(F)F)c3n(c2=O)C(CN2CCN(CCN4CCCC4)CC2)CS3)c1F. The van der Waals surface area contributed by atoms with Crippen LogP contribution in [0.2, 0.25) is 0 Å². The molecule has 1 atom stereocenters. The Morgan fingerprint density at radius 3 is 2.22 bits per heavy atom. The van der Waals surface area contributed by atoms with E-state index in [9.17, 15) is 18.0 Å². The van der Waals surface area contributed by atoms with Crippen LogP contribution in [0.25, 0.3) is 11.1 Å². The summed E-state index contributed by atoms with van der Waals surface area (Å²) in [5, 5.41) is 0.514. The maximum absolute atomic E-state index is 15.7. The predicted molar refractivity (Wildman–Crippen MR) is 170 cm³/mol. The molecule has 6 rings (SSSR count). The summed E-state index contributed by atoms with van der Waals surface area (Å²) in [6.45, 7) is 10.2. The van der Waals surface area contributed by atoms with Gasteiger partial charge in [0.1, 0.15) is 5.82 Å². The molecule has 0 bridgehead atoms. The largest absolute Gasteiger partial charge is 0.494 e. The number of alkyl halides is 3. The van der Waals surface area contributed by atoms with E-state index in [0.717, 1.165) is 57.5 Å². The Morgan fingerprint density at radius 1 is 0.891 bits per heavy atom. The fraction of sp³-hybridized carbons (Fsp3) is 0.500. The van der Waals surface area contributed by atoms with E-state index in [1.165, 1.54) is 56.9 Å². The molecule has 3 aromatic rings. The zero-order valence-corrected chi connectivity index (χ0v) is 27.0. The Labute approximate surface area is 270 Å². The second kappa shape index (κ2) is 13.7. The molecule has 0 radical (unpaired) electrons. The van der Waals surface area contributed by atoms with E-state index < -0.39 is 40.9 Å². The molecule has 2 fully saturated rings. The number of ether oxygens (including phenoxy) is 1. The molecule has 0 N–H and O–H groups in total. The molecule has 248 valence electrons. The average molecular weight is 663 g/mol.